The Balaban J connectivity index is 1.69. The Labute approximate surface area is 153 Å². The first-order valence-electron chi connectivity index (χ1n) is 9.01. The fourth-order valence-electron chi connectivity index (χ4n) is 3.61. The van der Waals surface area contributed by atoms with Gasteiger partial charge in [0.15, 0.2) is 0 Å². The van der Waals surface area contributed by atoms with Crippen molar-refractivity contribution in [1.29, 1.82) is 0 Å². The van der Waals surface area contributed by atoms with Crippen molar-refractivity contribution in [3.8, 4) is 5.75 Å². The highest BCUT2D eigenvalue weighted by Crippen LogP contribution is 2.33. The summed E-state index contributed by atoms with van der Waals surface area (Å²) in [4.78, 5) is 15.2. The minimum Gasteiger partial charge on any atom is -0.494 e. The third kappa shape index (κ3) is 2.99. The number of amides is 1. The van der Waals surface area contributed by atoms with E-state index in [0.717, 1.165) is 23.6 Å². The standard InChI is InChI=1S/C22H22N2O2/c1-2-26-19-12-10-18(11-13-19)22(25)24-16-15-23-14-6-9-20(23)21(24)17-7-4-3-5-8-17/h3-14,21H,2,15-16H2,1H3. The summed E-state index contributed by atoms with van der Waals surface area (Å²) in [6.45, 7) is 4.07. The number of benzene rings is 2. The molecular weight excluding hydrogens is 324 g/mol. The summed E-state index contributed by atoms with van der Waals surface area (Å²) in [5, 5.41) is 0. The molecule has 0 spiro atoms. The Kier molecular flexibility index (Phi) is 4.48. The van der Waals surface area contributed by atoms with Crippen LogP contribution in [0.5, 0.6) is 5.75 Å². The quantitative estimate of drug-likeness (QED) is 0.712. The zero-order valence-electron chi connectivity index (χ0n) is 14.8. The number of fused-ring (bicyclic) bond motifs is 1. The smallest absolute Gasteiger partial charge is 0.254 e. The molecule has 26 heavy (non-hydrogen) atoms. The van der Waals surface area contributed by atoms with Crippen LogP contribution in [0, 0.1) is 0 Å². The highest BCUT2D eigenvalue weighted by molar-refractivity contribution is 5.95. The topological polar surface area (TPSA) is 34.5 Å². The number of aromatic nitrogens is 1. The number of hydrogen-bond donors (Lipinski definition) is 0. The van der Waals surface area contributed by atoms with Crippen molar-refractivity contribution in [3.05, 3.63) is 89.7 Å². The summed E-state index contributed by atoms with van der Waals surface area (Å²) in [6, 6.07) is 21.7. The van der Waals surface area contributed by atoms with Gasteiger partial charge in [-0.1, -0.05) is 30.3 Å². The molecule has 1 unspecified atom stereocenters. The fourth-order valence-corrected chi connectivity index (χ4v) is 3.61. The van der Waals surface area contributed by atoms with Crippen LogP contribution in [0.3, 0.4) is 0 Å². The molecule has 4 rings (SSSR count). The maximum atomic E-state index is 13.3. The number of carbonyl (C=O) groups excluding carboxylic acids is 1. The van der Waals surface area contributed by atoms with Crippen molar-refractivity contribution < 1.29 is 9.53 Å². The van der Waals surface area contributed by atoms with E-state index in [0.29, 0.717) is 18.7 Å². The van der Waals surface area contributed by atoms with Crippen LogP contribution < -0.4 is 4.74 Å². The first-order valence-corrected chi connectivity index (χ1v) is 9.01. The van der Waals surface area contributed by atoms with Crippen LogP contribution >= 0.6 is 0 Å². The molecule has 3 aromatic rings. The van der Waals surface area contributed by atoms with E-state index in [1.54, 1.807) is 0 Å². The SMILES string of the molecule is CCOc1ccc(C(=O)N2CCn3cccc3C2c2ccccc2)cc1. The Hall–Kier alpha value is -3.01. The zero-order chi connectivity index (χ0) is 17.9. The largest absolute Gasteiger partial charge is 0.494 e. The average Bonchev–Trinajstić information content (AvgIpc) is 3.17. The third-order valence-electron chi connectivity index (χ3n) is 4.83. The highest BCUT2D eigenvalue weighted by Gasteiger charge is 2.32. The van der Waals surface area contributed by atoms with Gasteiger partial charge in [-0.2, -0.15) is 0 Å². The molecule has 0 bridgehead atoms. The number of rotatable bonds is 4. The van der Waals surface area contributed by atoms with Crippen molar-refractivity contribution >= 4 is 5.91 Å². The first kappa shape index (κ1) is 16.5. The van der Waals surface area contributed by atoms with Crippen molar-refractivity contribution in [3.63, 3.8) is 0 Å². The summed E-state index contributed by atoms with van der Waals surface area (Å²) in [7, 11) is 0. The predicted octanol–water partition coefficient (Wildman–Crippen LogP) is 4.13. The second kappa shape index (κ2) is 7.08. The minimum atomic E-state index is -0.0704. The van der Waals surface area contributed by atoms with Crippen LogP contribution in [0.4, 0.5) is 0 Å². The van der Waals surface area contributed by atoms with Crippen LogP contribution in [-0.2, 0) is 6.54 Å². The normalized spacial score (nSPS) is 16.2. The van der Waals surface area contributed by atoms with Gasteiger partial charge in [-0.25, -0.2) is 0 Å². The molecule has 1 atom stereocenters. The molecule has 2 heterocycles. The fraction of sp³-hybridized carbons (Fsp3) is 0.227. The Bertz CT molecular complexity index is 884. The molecule has 2 aromatic carbocycles. The molecule has 4 nitrogen and oxygen atoms in total. The lowest BCUT2D eigenvalue weighted by Crippen LogP contribution is -2.42. The van der Waals surface area contributed by atoms with Crippen molar-refractivity contribution in [2.24, 2.45) is 0 Å². The van der Waals surface area contributed by atoms with Gasteiger partial charge in [-0.15, -0.1) is 0 Å². The van der Waals surface area contributed by atoms with Crippen molar-refractivity contribution in [1.82, 2.24) is 9.47 Å². The van der Waals surface area contributed by atoms with Gasteiger partial charge in [0.2, 0.25) is 0 Å². The Morgan fingerprint density at radius 3 is 2.50 bits per heavy atom. The molecule has 1 amide bonds. The van der Waals surface area contributed by atoms with Gasteiger partial charge in [-0.3, -0.25) is 4.79 Å². The predicted molar refractivity (Wildman–Crippen MR) is 101 cm³/mol. The maximum Gasteiger partial charge on any atom is 0.254 e. The summed E-state index contributed by atoms with van der Waals surface area (Å²) >= 11 is 0. The van der Waals surface area contributed by atoms with Crippen molar-refractivity contribution in [2.75, 3.05) is 13.2 Å². The number of carbonyl (C=O) groups is 1. The summed E-state index contributed by atoms with van der Waals surface area (Å²) in [6.07, 6.45) is 2.09. The average molecular weight is 346 g/mol. The molecule has 0 radical (unpaired) electrons. The van der Waals surface area contributed by atoms with Crippen LogP contribution in [0.1, 0.15) is 34.6 Å². The third-order valence-corrected chi connectivity index (χ3v) is 4.83. The van der Waals surface area contributed by atoms with E-state index in [1.807, 2.05) is 54.3 Å². The second-order valence-corrected chi connectivity index (χ2v) is 6.40. The van der Waals surface area contributed by atoms with E-state index in [4.69, 9.17) is 4.74 Å². The molecule has 4 heteroatoms. The van der Waals surface area contributed by atoms with Crippen LogP contribution in [-0.4, -0.2) is 28.5 Å². The number of hydrogen-bond acceptors (Lipinski definition) is 2. The van der Waals surface area contributed by atoms with Gasteiger partial charge in [0.05, 0.1) is 12.6 Å². The van der Waals surface area contributed by atoms with E-state index in [-0.39, 0.29) is 11.9 Å². The maximum absolute atomic E-state index is 13.3. The molecule has 0 saturated carbocycles. The van der Waals surface area contributed by atoms with Crippen molar-refractivity contribution in [2.45, 2.75) is 19.5 Å². The lowest BCUT2D eigenvalue weighted by atomic mass is 9.99. The van der Waals surface area contributed by atoms with E-state index < -0.39 is 0 Å². The Morgan fingerprint density at radius 2 is 1.77 bits per heavy atom. The molecule has 0 N–H and O–H groups in total. The minimum absolute atomic E-state index is 0.0503. The molecule has 0 saturated heterocycles. The molecule has 132 valence electrons. The molecular formula is C22H22N2O2. The van der Waals surface area contributed by atoms with Gasteiger partial charge >= 0.3 is 0 Å². The Morgan fingerprint density at radius 1 is 1.00 bits per heavy atom. The van der Waals surface area contributed by atoms with Crippen LogP contribution in [0.25, 0.3) is 0 Å². The van der Waals surface area contributed by atoms with Gasteiger partial charge < -0.3 is 14.2 Å². The number of nitrogens with zero attached hydrogens (tertiary/aromatic N) is 2. The van der Waals surface area contributed by atoms with Gasteiger partial charge in [0.1, 0.15) is 5.75 Å². The molecule has 1 aliphatic rings. The molecule has 1 aliphatic heterocycles. The van der Waals surface area contributed by atoms with Crippen LogP contribution in [0.15, 0.2) is 72.9 Å². The molecule has 0 fully saturated rings. The molecule has 0 aliphatic carbocycles. The summed E-state index contributed by atoms with van der Waals surface area (Å²) < 4.78 is 7.72. The lowest BCUT2D eigenvalue weighted by Gasteiger charge is -2.37. The summed E-state index contributed by atoms with van der Waals surface area (Å²) in [5.74, 6) is 0.838. The van der Waals surface area contributed by atoms with Gasteiger partial charge in [-0.05, 0) is 48.9 Å². The van der Waals surface area contributed by atoms with E-state index >= 15 is 0 Å². The highest BCUT2D eigenvalue weighted by atomic mass is 16.5. The van der Waals surface area contributed by atoms with Gasteiger partial charge in [0.25, 0.3) is 5.91 Å². The number of ether oxygens (including phenoxy) is 1. The van der Waals surface area contributed by atoms with E-state index in [1.165, 1.54) is 0 Å². The second-order valence-electron chi connectivity index (χ2n) is 6.40. The van der Waals surface area contributed by atoms with Crippen LogP contribution in [0.2, 0.25) is 0 Å². The molecule has 1 aromatic heterocycles. The first-order chi connectivity index (χ1) is 12.8. The van der Waals surface area contributed by atoms with E-state index in [9.17, 15) is 4.79 Å². The van der Waals surface area contributed by atoms with Gasteiger partial charge in [0, 0.05) is 30.5 Å². The lowest BCUT2D eigenvalue weighted by molar-refractivity contribution is 0.0664. The zero-order valence-corrected chi connectivity index (χ0v) is 14.8. The van der Waals surface area contributed by atoms with E-state index in [2.05, 4.69) is 35.0 Å². The monoisotopic (exact) mass is 346 g/mol. The summed E-state index contributed by atoms with van der Waals surface area (Å²) in [5.41, 5.74) is 2.97.